The maximum Gasteiger partial charge on any atom is 0.438 e. The van der Waals surface area contributed by atoms with E-state index in [0.29, 0.717) is 6.42 Å². The van der Waals surface area contributed by atoms with Crippen LogP contribution in [0.2, 0.25) is 0 Å². The number of aliphatic hydroxyl groups is 1. The summed E-state index contributed by atoms with van der Waals surface area (Å²) in [7, 11) is 0. The number of alkyl halides is 3. The van der Waals surface area contributed by atoms with Gasteiger partial charge in [0.25, 0.3) is 5.72 Å². The number of nitrogens with zero attached hydrogens (tertiary/aromatic N) is 2. The molecule has 9 heteroatoms. The average molecular weight is 268 g/mol. The lowest BCUT2D eigenvalue weighted by Gasteiger charge is -2.31. The summed E-state index contributed by atoms with van der Waals surface area (Å²) in [6.07, 6.45) is -5.51. The normalized spacial score (nSPS) is 24.1. The summed E-state index contributed by atoms with van der Waals surface area (Å²) in [6.45, 7) is 1.68. The molecule has 0 spiro atoms. The third-order valence-electron chi connectivity index (χ3n) is 2.41. The molecule has 1 unspecified atom stereocenters. The first-order valence-electron chi connectivity index (χ1n) is 5.06. The molecular formula is C9H11F3N2O4. The molecule has 1 heterocycles. The topological polar surface area (TPSA) is 90.2 Å². The molecule has 0 aromatic carbocycles. The summed E-state index contributed by atoms with van der Waals surface area (Å²) in [5.41, 5.74) is -3.64. The number of halogens is 3. The number of carboxylic acid groups (broad SMARTS) is 1. The van der Waals surface area contributed by atoms with Crippen molar-refractivity contribution < 1.29 is 33.0 Å². The van der Waals surface area contributed by atoms with E-state index < -0.39 is 35.2 Å². The van der Waals surface area contributed by atoms with Gasteiger partial charge in [-0.2, -0.15) is 23.3 Å². The zero-order valence-corrected chi connectivity index (χ0v) is 9.36. The van der Waals surface area contributed by atoms with Crippen LogP contribution in [0, 0.1) is 0 Å². The summed E-state index contributed by atoms with van der Waals surface area (Å²) in [5, 5.41) is 20.8. The van der Waals surface area contributed by atoms with Gasteiger partial charge >= 0.3 is 18.1 Å². The number of carbonyl (C=O) groups excluding carboxylic acids is 1. The molecule has 0 aliphatic carbocycles. The SMILES string of the molecule is CCCC1=NN(C(=O)C(=O)O)C(O)(C(F)(F)F)C1. The molecule has 0 fully saturated rings. The van der Waals surface area contributed by atoms with E-state index in [0.717, 1.165) is 0 Å². The first-order valence-corrected chi connectivity index (χ1v) is 5.06. The lowest BCUT2D eigenvalue weighted by Crippen LogP contribution is -2.58. The van der Waals surface area contributed by atoms with E-state index >= 15 is 0 Å². The molecule has 102 valence electrons. The number of carboxylic acids is 1. The minimum atomic E-state index is -5.18. The Bertz CT molecular complexity index is 407. The van der Waals surface area contributed by atoms with Crippen LogP contribution in [-0.4, -0.2) is 44.7 Å². The van der Waals surface area contributed by atoms with Gasteiger partial charge in [0.1, 0.15) is 0 Å². The molecule has 18 heavy (non-hydrogen) atoms. The van der Waals surface area contributed by atoms with Gasteiger partial charge in [-0.15, -0.1) is 0 Å². The third kappa shape index (κ3) is 2.30. The fraction of sp³-hybridized carbons (Fsp3) is 0.667. The molecule has 2 N–H and O–H groups in total. The van der Waals surface area contributed by atoms with Crippen LogP contribution in [0.25, 0.3) is 0 Å². The molecule has 1 aliphatic heterocycles. The van der Waals surface area contributed by atoms with Gasteiger partial charge in [0.15, 0.2) is 0 Å². The lowest BCUT2D eigenvalue weighted by molar-refractivity contribution is -0.302. The average Bonchev–Trinajstić information content (AvgIpc) is 2.55. The van der Waals surface area contributed by atoms with Crippen molar-refractivity contribution in [2.24, 2.45) is 5.10 Å². The van der Waals surface area contributed by atoms with E-state index in [9.17, 15) is 27.9 Å². The molecule has 6 nitrogen and oxygen atoms in total. The second-order valence-corrected chi connectivity index (χ2v) is 3.83. The largest absolute Gasteiger partial charge is 0.474 e. The number of hydrogen-bond donors (Lipinski definition) is 2. The van der Waals surface area contributed by atoms with Gasteiger partial charge in [0.05, 0.1) is 0 Å². The van der Waals surface area contributed by atoms with Gasteiger partial charge in [-0.3, -0.25) is 4.79 Å². The van der Waals surface area contributed by atoms with Crippen LogP contribution in [0.1, 0.15) is 26.2 Å². The highest BCUT2D eigenvalue weighted by Crippen LogP contribution is 2.40. The molecule has 0 aromatic rings. The first kappa shape index (κ1) is 14.4. The van der Waals surface area contributed by atoms with Crippen LogP contribution in [0.5, 0.6) is 0 Å². The summed E-state index contributed by atoms with van der Waals surface area (Å²) < 4.78 is 38.2. The van der Waals surface area contributed by atoms with Crippen molar-refractivity contribution in [1.29, 1.82) is 0 Å². The highest BCUT2D eigenvalue weighted by atomic mass is 19.4. The third-order valence-corrected chi connectivity index (χ3v) is 2.41. The van der Waals surface area contributed by atoms with E-state index in [1.807, 2.05) is 0 Å². The highest BCUT2D eigenvalue weighted by Gasteiger charge is 2.63. The predicted molar refractivity (Wildman–Crippen MR) is 52.4 cm³/mol. The number of carbonyl (C=O) groups is 2. The van der Waals surface area contributed by atoms with Crippen molar-refractivity contribution in [2.75, 3.05) is 0 Å². The predicted octanol–water partition coefficient (Wildman–Crippen LogP) is 0.710. The number of aliphatic carboxylic acids is 1. The zero-order valence-electron chi connectivity index (χ0n) is 9.36. The Morgan fingerprint density at radius 3 is 2.44 bits per heavy atom. The quantitative estimate of drug-likeness (QED) is 0.722. The van der Waals surface area contributed by atoms with Gasteiger partial charge in [-0.05, 0) is 6.42 Å². The van der Waals surface area contributed by atoms with Gasteiger partial charge in [0, 0.05) is 12.1 Å². The Morgan fingerprint density at radius 2 is 2.06 bits per heavy atom. The monoisotopic (exact) mass is 268 g/mol. The van der Waals surface area contributed by atoms with Crippen molar-refractivity contribution >= 4 is 17.6 Å². The summed E-state index contributed by atoms with van der Waals surface area (Å²) in [6, 6.07) is 0. The van der Waals surface area contributed by atoms with Crippen molar-refractivity contribution in [2.45, 2.75) is 38.1 Å². The van der Waals surface area contributed by atoms with Crippen LogP contribution in [0.15, 0.2) is 5.10 Å². The molecule has 1 amide bonds. The van der Waals surface area contributed by atoms with Gasteiger partial charge < -0.3 is 10.2 Å². The molecule has 0 saturated heterocycles. The Morgan fingerprint density at radius 1 is 1.50 bits per heavy atom. The molecule has 1 atom stereocenters. The van der Waals surface area contributed by atoms with Crippen molar-refractivity contribution in [3.8, 4) is 0 Å². The smallest absolute Gasteiger partial charge is 0.438 e. The first-order chi connectivity index (χ1) is 8.13. The Kier molecular flexibility index (Phi) is 3.65. The van der Waals surface area contributed by atoms with Crippen LogP contribution >= 0.6 is 0 Å². The fourth-order valence-corrected chi connectivity index (χ4v) is 1.57. The van der Waals surface area contributed by atoms with E-state index in [4.69, 9.17) is 5.11 Å². The minimum Gasteiger partial charge on any atom is -0.474 e. The molecule has 1 aliphatic rings. The van der Waals surface area contributed by atoms with Crippen molar-refractivity contribution in [3.63, 3.8) is 0 Å². The summed E-state index contributed by atoms with van der Waals surface area (Å²) in [4.78, 5) is 21.5. The van der Waals surface area contributed by atoms with E-state index in [-0.39, 0.29) is 12.1 Å². The Balaban J connectivity index is 3.13. The fourth-order valence-electron chi connectivity index (χ4n) is 1.57. The van der Waals surface area contributed by atoms with Crippen LogP contribution in [0.4, 0.5) is 13.2 Å². The molecule has 0 saturated carbocycles. The molecule has 0 aromatic heterocycles. The standard InChI is InChI=1S/C9H11F3N2O4/c1-2-3-5-4-8(18,9(10,11)12)14(13-5)6(15)7(16)17/h18H,2-4H2,1H3,(H,16,17). The molecule has 0 radical (unpaired) electrons. The highest BCUT2D eigenvalue weighted by molar-refractivity contribution is 6.31. The van der Waals surface area contributed by atoms with Crippen LogP contribution in [0.3, 0.4) is 0 Å². The summed E-state index contributed by atoms with van der Waals surface area (Å²) in [5.74, 6) is -4.03. The Hall–Kier alpha value is -1.64. The molecular weight excluding hydrogens is 257 g/mol. The van der Waals surface area contributed by atoms with Crippen molar-refractivity contribution in [1.82, 2.24) is 5.01 Å². The Labute approximate surface area is 99.7 Å². The maximum atomic E-state index is 12.7. The minimum absolute atomic E-state index is 0.0630. The van der Waals surface area contributed by atoms with E-state index in [1.54, 1.807) is 6.92 Å². The second kappa shape index (κ2) is 4.56. The molecule has 1 rings (SSSR count). The lowest BCUT2D eigenvalue weighted by atomic mass is 10.0. The maximum absolute atomic E-state index is 12.7. The van der Waals surface area contributed by atoms with Crippen LogP contribution < -0.4 is 0 Å². The van der Waals surface area contributed by atoms with Crippen molar-refractivity contribution in [3.05, 3.63) is 0 Å². The van der Waals surface area contributed by atoms with Gasteiger partial charge in [0.2, 0.25) is 0 Å². The van der Waals surface area contributed by atoms with E-state index in [1.165, 1.54) is 0 Å². The van der Waals surface area contributed by atoms with Gasteiger partial charge in [-0.1, -0.05) is 13.3 Å². The number of hydrogen-bond acceptors (Lipinski definition) is 4. The number of hydrazone groups is 1. The van der Waals surface area contributed by atoms with Gasteiger partial charge in [-0.25, -0.2) is 4.79 Å². The second-order valence-electron chi connectivity index (χ2n) is 3.83. The molecule has 0 bridgehead atoms. The number of rotatable bonds is 2. The number of amides is 1. The summed E-state index contributed by atoms with van der Waals surface area (Å²) >= 11 is 0. The zero-order chi connectivity index (χ0) is 14.1. The van der Waals surface area contributed by atoms with Crippen LogP contribution in [-0.2, 0) is 9.59 Å². The van der Waals surface area contributed by atoms with E-state index in [2.05, 4.69) is 5.10 Å².